The summed E-state index contributed by atoms with van der Waals surface area (Å²) in [5.41, 5.74) is 0.173. The van der Waals surface area contributed by atoms with Gasteiger partial charge in [-0.15, -0.1) is 0 Å². The van der Waals surface area contributed by atoms with Crippen molar-refractivity contribution in [2.24, 2.45) is 0 Å². The predicted octanol–water partition coefficient (Wildman–Crippen LogP) is 2.32. The van der Waals surface area contributed by atoms with Gasteiger partial charge in [0.05, 0.1) is 17.8 Å². The minimum atomic E-state index is -0.644. The normalized spacial score (nSPS) is 11.8. The van der Waals surface area contributed by atoms with Gasteiger partial charge in [-0.3, -0.25) is 0 Å². The molecule has 5 nitrogen and oxygen atoms in total. The zero-order chi connectivity index (χ0) is 11.1. The molecule has 6 heteroatoms. The molecule has 0 spiro atoms. The SMILES string of the molecule is N#Cc1cc(F)c2c(c1)Oc1cn[nH]c1O2. The van der Waals surface area contributed by atoms with Gasteiger partial charge in [0.15, 0.2) is 11.6 Å². The fourth-order valence-electron chi connectivity index (χ4n) is 1.44. The van der Waals surface area contributed by atoms with Gasteiger partial charge < -0.3 is 9.47 Å². The first-order valence-electron chi connectivity index (χ1n) is 4.40. The Hall–Kier alpha value is -2.55. The molecule has 1 aliphatic rings. The largest absolute Gasteiger partial charge is 0.446 e. The summed E-state index contributed by atoms with van der Waals surface area (Å²) in [7, 11) is 0. The van der Waals surface area contributed by atoms with Crippen LogP contribution in [0, 0.1) is 17.1 Å². The Balaban J connectivity index is 2.16. The first-order valence-corrected chi connectivity index (χ1v) is 4.40. The number of hydrogen-bond acceptors (Lipinski definition) is 4. The van der Waals surface area contributed by atoms with Crippen LogP contribution >= 0.6 is 0 Å². The molecule has 16 heavy (non-hydrogen) atoms. The number of nitrogens with one attached hydrogen (secondary N) is 1. The Bertz CT molecular complexity index is 615. The summed E-state index contributed by atoms with van der Waals surface area (Å²) in [4.78, 5) is 0. The third-order valence-corrected chi connectivity index (χ3v) is 2.13. The van der Waals surface area contributed by atoms with E-state index in [9.17, 15) is 4.39 Å². The maximum Gasteiger partial charge on any atom is 0.259 e. The van der Waals surface area contributed by atoms with E-state index in [0.717, 1.165) is 6.07 Å². The molecule has 0 amide bonds. The van der Waals surface area contributed by atoms with E-state index in [4.69, 9.17) is 14.7 Å². The van der Waals surface area contributed by atoms with Gasteiger partial charge >= 0.3 is 0 Å². The Morgan fingerprint density at radius 3 is 3.00 bits per heavy atom. The molecule has 78 valence electrons. The third-order valence-electron chi connectivity index (χ3n) is 2.13. The number of aromatic amines is 1. The standard InChI is InChI=1S/C10H4FN3O2/c11-6-1-5(3-12)2-7-9(6)16-10-8(15-7)4-13-14-10/h1-2,4H,(H,13,14). The molecule has 0 bridgehead atoms. The van der Waals surface area contributed by atoms with Gasteiger partial charge in [0.2, 0.25) is 11.5 Å². The summed E-state index contributed by atoms with van der Waals surface area (Å²) in [5, 5.41) is 14.9. The predicted molar refractivity (Wildman–Crippen MR) is 49.9 cm³/mol. The van der Waals surface area contributed by atoms with Gasteiger partial charge in [0.25, 0.3) is 5.88 Å². The van der Waals surface area contributed by atoms with Gasteiger partial charge in [-0.25, -0.2) is 9.49 Å². The molecule has 0 atom stereocenters. The zero-order valence-corrected chi connectivity index (χ0v) is 7.82. The van der Waals surface area contributed by atoms with E-state index in [1.807, 2.05) is 6.07 Å². The summed E-state index contributed by atoms with van der Waals surface area (Å²) in [6.07, 6.45) is 1.41. The number of H-pyrrole nitrogens is 1. The van der Waals surface area contributed by atoms with Crippen LogP contribution in [-0.4, -0.2) is 10.2 Å². The second-order valence-electron chi connectivity index (χ2n) is 3.16. The van der Waals surface area contributed by atoms with E-state index in [1.165, 1.54) is 12.3 Å². The van der Waals surface area contributed by atoms with E-state index in [2.05, 4.69) is 10.2 Å². The number of hydrogen-bond donors (Lipinski definition) is 1. The molecule has 1 N–H and O–H groups in total. The highest BCUT2D eigenvalue weighted by Gasteiger charge is 2.24. The van der Waals surface area contributed by atoms with Crippen LogP contribution in [0.2, 0.25) is 0 Å². The average molecular weight is 217 g/mol. The van der Waals surface area contributed by atoms with Crippen molar-refractivity contribution in [3.8, 4) is 29.2 Å². The Kier molecular flexibility index (Phi) is 1.62. The lowest BCUT2D eigenvalue weighted by atomic mass is 10.2. The topological polar surface area (TPSA) is 70.9 Å². The molecule has 1 aromatic heterocycles. The molecule has 0 radical (unpaired) electrons. The number of nitriles is 1. The number of aromatic nitrogens is 2. The summed E-state index contributed by atoms with van der Waals surface area (Å²) in [5.74, 6) is 0.0913. The first-order chi connectivity index (χ1) is 7.78. The monoisotopic (exact) mass is 217 g/mol. The van der Waals surface area contributed by atoms with Crippen molar-refractivity contribution in [2.75, 3.05) is 0 Å². The van der Waals surface area contributed by atoms with Gasteiger partial charge in [0, 0.05) is 6.07 Å². The lowest BCUT2D eigenvalue weighted by Crippen LogP contribution is -2.00. The van der Waals surface area contributed by atoms with Crippen molar-refractivity contribution >= 4 is 0 Å². The van der Waals surface area contributed by atoms with Crippen LogP contribution in [0.15, 0.2) is 18.3 Å². The molecular formula is C10H4FN3O2. The number of fused-ring (bicyclic) bond motifs is 2. The fraction of sp³-hybridized carbons (Fsp3) is 0. The second-order valence-corrected chi connectivity index (χ2v) is 3.16. The van der Waals surface area contributed by atoms with Crippen molar-refractivity contribution in [1.29, 1.82) is 5.26 Å². The number of rotatable bonds is 0. The molecule has 0 fully saturated rings. The average Bonchev–Trinajstić information content (AvgIpc) is 2.73. The molecule has 2 aromatic rings. The Labute approximate surface area is 89.0 Å². The summed E-state index contributed by atoms with van der Waals surface area (Å²) in [6, 6.07) is 4.33. The Morgan fingerprint density at radius 1 is 1.31 bits per heavy atom. The van der Waals surface area contributed by atoms with Gasteiger partial charge in [-0.1, -0.05) is 0 Å². The lowest BCUT2D eigenvalue weighted by Gasteiger charge is -2.17. The molecule has 1 aromatic carbocycles. The third kappa shape index (κ3) is 1.12. The highest BCUT2D eigenvalue weighted by atomic mass is 19.1. The maximum atomic E-state index is 13.5. The molecule has 3 rings (SSSR count). The van der Waals surface area contributed by atoms with Crippen LogP contribution in [0.3, 0.4) is 0 Å². The maximum absolute atomic E-state index is 13.5. The van der Waals surface area contributed by atoms with E-state index in [1.54, 1.807) is 0 Å². The van der Waals surface area contributed by atoms with Crippen LogP contribution in [0.4, 0.5) is 4.39 Å². The molecule has 0 saturated heterocycles. The summed E-state index contributed by atoms with van der Waals surface area (Å²) < 4.78 is 24.1. The fourth-order valence-corrected chi connectivity index (χ4v) is 1.44. The summed E-state index contributed by atoms with van der Waals surface area (Å²) in [6.45, 7) is 0. The number of halogens is 1. The van der Waals surface area contributed by atoms with E-state index in [0.29, 0.717) is 5.75 Å². The molecule has 0 saturated carbocycles. The van der Waals surface area contributed by atoms with Crippen LogP contribution in [0.25, 0.3) is 0 Å². The molecule has 0 unspecified atom stereocenters. The lowest BCUT2D eigenvalue weighted by molar-refractivity contribution is 0.335. The minimum Gasteiger partial charge on any atom is -0.446 e. The van der Waals surface area contributed by atoms with Crippen molar-refractivity contribution in [1.82, 2.24) is 10.2 Å². The smallest absolute Gasteiger partial charge is 0.259 e. The van der Waals surface area contributed by atoms with Crippen LogP contribution < -0.4 is 9.47 Å². The zero-order valence-electron chi connectivity index (χ0n) is 7.82. The van der Waals surface area contributed by atoms with Crippen molar-refractivity contribution in [3.05, 3.63) is 29.7 Å². The number of benzene rings is 1. The van der Waals surface area contributed by atoms with E-state index < -0.39 is 5.82 Å². The molecule has 2 heterocycles. The van der Waals surface area contributed by atoms with Crippen molar-refractivity contribution in [2.45, 2.75) is 0 Å². The van der Waals surface area contributed by atoms with E-state index >= 15 is 0 Å². The Morgan fingerprint density at radius 2 is 2.19 bits per heavy atom. The quantitative estimate of drug-likeness (QED) is 0.627. The van der Waals surface area contributed by atoms with Crippen molar-refractivity contribution < 1.29 is 13.9 Å². The van der Waals surface area contributed by atoms with Gasteiger partial charge in [-0.2, -0.15) is 10.4 Å². The van der Waals surface area contributed by atoms with Crippen LogP contribution in [0.1, 0.15) is 5.56 Å². The number of ether oxygens (including phenoxy) is 2. The van der Waals surface area contributed by atoms with Crippen LogP contribution in [-0.2, 0) is 0 Å². The first kappa shape index (κ1) is 8.73. The van der Waals surface area contributed by atoms with Crippen molar-refractivity contribution in [3.63, 3.8) is 0 Å². The second kappa shape index (κ2) is 2.97. The molecular weight excluding hydrogens is 213 g/mol. The van der Waals surface area contributed by atoms with Gasteiger partial charge in [-0.05, 0) is 6.07 Å². The summed E-state index contributed by atoms with van der Waals surface area (Å²) >= 11 is 0. The van der Waals surface area contributed by atoms with E-state index in [-0.39, 0.29) is 22.9 Å². The minimum absolute atomic E-state index is 0.0456. The number of nitrogens with zero attached hydrogens (tertiary/aromatic N) is 2. The molecule has 0 aliphatic carbocycles. The highest BCUT2D eigenvalue weighted by molar-refractivity contribution is 5.55. The van der Waals surface area contributed by atoms with Gasteiger partial charge in [0.1, 0.15) is 0 Å². The highest BCUT2D eigenvalue weighted by Crippen LogP contribution is 2.45. The van der Waals surface area contributed by atoms with Crippen LogP contribution in [0.5, 0.6) is 23.1 Å². The molecule has 1 aliphatic heterocycles.